The number of carbonyl (C=O) groups excluding carboxylic acids is 2. The molecule has 1 heterocycles. The average molecular weight is 651 g/mol. The molecule has 0 aliphatic carbocycles. The van der Waals surface area contributed by atoms with Crippen molar-refractivity contribution >= 4 is 23.8 Å². The summed E-state index contributed by atoms with van der Waals surface area (Å²) < 4.78 is 11.1. The number of aliphatic carboxylic acids is 2. The zero-order chi connectivity index (χ0) is 34.9. The molecule has 1 aromatic carbocycles. The van der Waals surface area contributed by atoms with Crippen LogP contribution >= 0.6 is 0 Å². The highest BCUT2D eigenvalue weighted by Crippen LogP contribution is 2.34. The number of carbonyl (C=O) groups is 4. The van der Waals surface area contributed by atoms with E-state index < -0.39 is 41.3 Å². The number of nitrogens with zero attached hydrogens (tertiary/aromatic N) is 1. The van der Waals surface area contributed by atoms with Gasteiger partial charge in [-0.05, 0) is 69.7 Å². The minimum atomic E-state index is -1.26. The summed E-state index contributed by atoms with van der Waals surface area (Å²) >= 11 is 0. The highest BCUT2D eigenvalue weighted by atomic mass is 16.5. The first kappa shape index (κ1) is 40.5. The second-order valence-electron chi connectivity index (χ2n) is 12.6. The van der Waals surface area contributed by atoms with E-state index in [0.717, 1.165) is 38.1 Å². The van der Waals surface area contributed by atoms with Crippen molar-refractivity contribution < 1.29 is 44.0 Å². The number of carboxylic acids is 2. The quantitative estimate of drug-likeness (QED) is 0.0998. The Balaban J connectivity index is 0.00000116. The van der Waals surface area contributed by atoms with Crippen molar-refractivity contribution in [3.05, 3.63) is 42.0 Å². The van der Waals surface area contributed by atoms with Gasteiger partial charge in [-0.2, -0.15) is 0 Å². The van der Waals surface area contributed by atoms with E-state index in [2.05, 4.69) is 22.3 Å². The summed E-state index contributed by atoms with van der Waals surface area (Å²) in [6.07, 6.45) is 3.42. The number of benzene rings is 1. The number of para-hydroxylation sites is 1. The third kappa shape index (κ3) is 15.2. The summed E-state index contributed by atoms with van der Waals surface area (Å²) in [5.41, 5.74) is 12.2. The number of primary amides is 1. The SMILES string of the molecule is COCCCOc1ccccc1C1CCN(CC(N)C(O)CC(C(=O)NCC(C)(C)C(N)=O)C(C)C)CC1.O=C(O)/C=C/C(=O)O. The molecule has 0 radical (unpaired) electrons. The zero-order valence-corrected chi connectivity index (χ0v) is 27.8. The van der Waals surface area contributed by atoms with Crippen LogP contribution in [-0.4, -0.2) is 103 Å². The van der Waals surface area contributed by atoms with Crippen LogP contribution in [0.4, 0.5) is 0 Å². The predicted octanol–water partition coefficient (Wildman–Crippen LogP) is 1.97. The Hall–Kier alpha value is -3.52. The van der Waals surface area contributed by atoms with Gasteiger partial charge in [0.05, 0.1) is 18.1 Å². The van der Waals surface area contributed by atoms with Crippen LogP contribution in [0.15, 0.2) is 36.4 Å². The van der Waals surface area contributed by atoms with E-state index in [0.29, 0.717) is 37.8 Å². The number of hydrogen-bond acceptors (Lipinski definition) is 9. The number of piperidine rings is 1. The Bertz CT molecular complexity index is 1120. The van der Waals surface area contributed by atoms with Crippen LogP contribution < -0.4 is 21.5 Å². The topological polar surface area (TPSA) is 215 Å². The maximum atomic E-state index is 12.9. The number of ether oxygens (including phenoxy) is 2. The van der Waals surface area contributed by atoms with Gasteiger partial charge in [-0.1, -0.05) is 32.0 Å². The van der Waals surface area contributed by atoms with Crippen LogP contribution in [0.3, 0.4) is 0 Å². The average Bonchev–Trinajstić information content (AvgIpc) is 3.00. The summed E-state index contributed by atoms with van der Waals surface area (Å²) in [5.74, 6) is -2.20. The molecule has 1 fully saturated rings. The monoisotopic (exact) mass is 650 g/mol. The van der Waals surface area contributed by atoms with Gasteiger partial charge in [0, 0.05) is 57.3 Å². The molecule has 2 rings (SSSR count). The lowest BCUT2D eigenvalue weighted by Crippen LogP contribution is -2.49. The van der Waals surface area contributed by atoms with Crippen LogP contribution in [-0.2, 0) is 23.9 Å². The Labute approximate surface area is 272 Å². The van der Waals surface area contributed by atoms with Crippen molar-refractivity contribution in [2.45, 2.75) is 71.4 Å². The summed E-state index contributed by atoms with van der Waals surface area (Å²) in [5, 5.41) is 29.3. The molecule has 1 aliphatic heterocycles. The molecule has 13 heteroatoms. The van der Waals surface area contributed by atoms with Gasteiger partial charge in [0.2, 0.25) is 11.8 Å². The zero-order valence-electron chi connectivity index (χ0n) is 27.8. The minimum Gasteiger partial charge on any atom is -0.493 e. The first-order valence-corrected chi connectivity index (χ1v) is 15.7. The molecule has 1 aromatic rings. The number of likely N-dealkylation sites (tertiary alicyclic amines) is 1. The van der Waals surface area contributed by atoms with Gasteiger partial charge in [0.1, 0.15) is 5.75 Å². The van der Waals surface area contributed by atoms with E-state index in [4.69, 9.17) is 31.2 Å². The Morgan fingerprint density at radius 2 is 1.65 bits per heavy atom. The van der Waals surface area contributed by atoms with E-state index in [1.54, 1.807) is 21.0 Å². The number of carboxylic acid groups (broad SMARTS) is 2. The summed E-state index contributed by atoms with van der Waals surface area (Å²) in [4.78, 5) is 45.8. The number of amides is 2. The van der Waals surface area contributed by atoms with Crippen molar-refractivity contribution in [2.24, 2.45) is 28.7 Å². The van der Waals surface area contributed by atoms with Crippen molar-refractivity contribution in [2.75, 3.05) is 46.5 Å². The molecule has 0 bridgehead atoms. The van der Waals surface area contributed by atoms with Gasteiger partial charge in [-0.25, -0.2) is 9.59 Å². The summed E-state index contributed by atoms with van der Waals surface area (Å²) in [6.45, 7) is 11.1. The largest absolute Gasteiger partial charge is 0.493 e. The Kier molecular flexibility index (Phi) is 18.1. The van der Waals surface area contributed by atoms with Gasteiger partial charge < -0.3 is 46.5 Å². The molecule has 8 N–H and O–H groups in total. The lowest BCUT2D eigenvalue weighted by molar-refractivity contribution is -0.134. The second-order valence-corrected chi connectivity index (χ2v) is 12.6. The van der Waals surface area contributed by atoms with Gasteiger partial charge in [-0.15, -0.1) is 0 Å². The fourth-order valence-electron chi connectivity index (χ4n) is 4.97. The molecule has 1 saturated heterocycles. The molecule has 0 spiro atoms. The van der Waals surface area contributed by atoms with E-state index in [1.165, 1.54) is 5.56 Å². The van der Waals surface area contributed by atoms with E-state index in [1.807, 2.05) is 26.0 Å². The number of aliphatic hydroxyl groups is 1. The normalized spacial score (nSPS) is 16.3. The molecule has 2 amide bonds. The standard InChI is InChI=1S/C29H50N4O5.C4H4O4/c1-20(2)23(27(35)32-19-29(3,4)28(31)36)17-25(34)24(30)18-33-13-11-21(12-14-33)22-9-6-7-10-26(22)38-16-8-15-37-5;5-3(6)1-2-4(7)8/h6-7,9-10,20-21,23-25,34H,8,11-19,30H2,1-5H3,(H2,31,36)(H,32,35);1-2H,(H,5,6)(H,7,8)/b;2-1+. The van der Waals surface area contributed by atoms with Gasteiger partial charge >= 0.3 is 11.9 Å². The van der Waals surface area contributed by atoms with E-state index >= 15 is 0 Å². The lowest BCUT2D eigenvalue weighted by atomic mass is 9.86. The van der Waals surface area contributed by atoms with E-state index in [9.17, 15) is 24.3 Å². The molecule has 260 valence electrons. The van der Waals surface area contributed by atoms with Gasteiger partial charge in [0.25, 0.3) is 0 Å². The number of nitrogens with one attached hydrogen (secondary N) is 1. The molecule has 0 aromatic heterocycles. The van der Waals surface area contributed by atoms with Crippen LogP contribution in [0.25, 0.3) is 0 Å². The van der Waals surface area contributed by atoms with Gasteiger partial charge in [0.15, 0.2) is 0 Å². The molecule has 0 saturated carbocycles. The summed E-state index contributed by atoms with van der Waals surface area (Å²) in [7, 11) is 1.70. The third-order valence-corrected chi connectivity index (χ3v) is 8.04. The second kappa shape index (κ2) is 20.6. The number of hydrogen-bond donors (Lipinski definition) is 6. The Morgan fingerprint density at radius 3 is 2.17 bits per heavy atom. The predicted molar refractivity (Wildman–Crippen MR) is 174 cm³/mol. The molecule has 3 unspecified atom stereocenters. The molecular formula is C33H54N4O9. The highest BCUT2D eigenvalue weighted by Gasteiger charge is 2.32. The molecule has 3 atom stereocenters. The van der Waals surface area contributed by atoms with Crippen molar-refractivity contribution in [3.8, 4) is 5.75 Å². The lowest BCUT2D eigenvalue weighted by Gasteiger charge is -2.35. The number of rotatable bonds is 18. The fourth-order valence-corrected chi connectivity index (χ4v) is 4.97. The van der Waals surface area contributed by atoms with Crippen LogP contribution in [0, 0.1) is 17.3 Å². The molecule has 1 aliphatic rings. The highest BCUT2D eigenvalue weighted by molar-refractivity contribution is 5.89. The van der Waals surface area contributed by atoms with E-state index in [-0.39, 0.29) is 24.8 Å². The maximum Gasteiger partial charge on any atom is 0.328 e. The molecule has 13 nitrogen and oxygen atoms in total. The number of nitrogens with two attached hydrogens (primary N) is 2. The maximum absolute atomic E-state index is 12.9. The molecule has 46 heavy (non-hydrogen) atoms. The number of methoxy groups -OCH3 is 1. The summed E-state index contributed by atoms with van der Waals surface area (Å²) in [6, 6.07) is 7.80. The van der Waals surface area contributed by atoms with Crippen LogP contribution in [0.2, 0.25) is 0 Å². The Morgan fingerprint density at radius 1 is 1.07 bits per heavy atom. The fraction of sp³-hybridized carbons (Fsp3) is 0.636. The van der Waals surface area contributed by atoms with Crippen LogP contribution in [0.1, 0.15) is 64.9 Å². The van der Waals surface area contributed by atoms with Crippen molar-refractivity contribution in [3.63, 3.8) is 0 Å². The first-order valence-electron chi connectivity index (χ1n) is 15.7. The van der Waals surface area contributed by atoms with Gasteiger partial charge in [-0.3, -0.25) is 9.59 Å². The van der Waals surface area contributed by atoms with Crippen LogP contribution in [0.5, 0.6) is 5.75 Å². The van der Waals surface area contributed by atoms with Crippen molar-refractivity contribution in [1.29, 1.82) is 0 Å². The van der Waals surface area contributed by atoms with Crippen molar-refractivity contribution in [1.82, 2.24) is 10.2 Å². The smallest absolute Gasteiger partial charge is 0.328 e. The molecular weight excluding hydrogens is 596 g/mol. The first-order chi connectivity index (χ1) is 21.6. The minimum absolute atomic E-state index is 0.0149. The number of aliphatic hydroxyl groups excluding tert-OH is 1. The third-order valence-electron chi connectivity index (χ3n) is 8.04.